The Bertz CT molecular complexity index is 131. The van der Waals surface area contributed by atoms with Gasteiger partial charge in [0.25, 0.3) is 0 Å². The molecule has 0 aliphatic rings. The highest BCUT2D eigenvalue weighted by Gasteiger charge is 2.08. The predicted molar refractivity (Wildman–Crippen MR) is 60.9 cm³/mol. The van der Waals surface area contributed by atoms with Crippen molar-refractivity contribution in [1.82, 2.24) is 0 Å². The van der Waals surface area contributed by atoms with Crippen molar-refractivity contribution >= 4 is 11.8 Å². The molecule has 0 bridgehead atoms. The summed E-state index contributed by atoms with van der Waals surface area (Å²) in [6, 6.07) is 0. The highest BCUT2D eigenvalue weighted by atomic mass is 32.2. The fourth-order valence-corrected chi connectivity index (χ4v) is 1.61. The van der Waals surface area contributed by atoms with Crippen LogP contribution < -0.4 is 0 Å². The molecule has 0 rings (SSSR count). The summed E-state index contributed by atoms with van der Waals surface area (Å²) >= 11 is 1.74. The first-order chi connectivity index (χ1) is 6.56. The molecule has 0 aromatic heterocycles. The Hall–Kier alpha value is 0.230. The lowest BCUT2D eigenvalue weighted by Gasteiger charge is -2.16. The Labute approximate surface area is 91.2 Å². The van der Waals surface area contributed by atoms with E-state index in [9.17, 15) is 5.11 Å². The second kappa shape index (κ2) is 8.53. The average Bonchev–Trinajstić information content (AvgIpc) is 2.12. The largest absolute Gasteiger partial charge is 0.390 e. The van der Waals surface area contributed by atoms with E-state index >= 15 is 0 Å². The second-order valence-corrected chi connectivity index (χ2v) is 5.24. The molecule has 86 valence electrons. The molecule has 0 saturated heterocycles. The van der Waals surface area contributed by atoms with E-state index in [4.69, 9.17) is 9.47 Å². The summed E-state index contributed by atoms with van der Waals surface area (Å²) in [5, 5.41) is 10.1. The zero-order valence-corrected chi connectivity index (χ0v) is 10.3. The van der Waals surface area contributed by atoms with Gasteiger partial charge in [-0.3, -0.25) is 0 Å². The van der Waals surface area contributed by atoms with E-state index in [1.54, 1.807) is 18.9 Å². The monoisotopic (exact) mass is 222 g/mol. The Balaban J connectivity index is 3.38. The quantitative estimate of drug-likeness (QED) is 0.676. The van der Waals surface area contributed by atoms with E-state index in [1.807, 2.05) is 6.92 Å². The molecule has 0 spiro atoms. The number of ether oxygens (including phenoxy) is 2. The van der Waals surface area contributed by atoms with Crippen LogP contribution >= 0.6 is 11.8 Å². The molecule has 3 nitrogen and oxygen atoms in total. The third kappa shape index (κ3) is 8.81. The number of hydrogen-bond acceptors (Lipinski definition) is 4. The van der Waals surface area contributed by atoms with Crippen molar-refractivity contribution in [2.75, 3.05) is 26.1 Å². The number of methoxy groups -OCH3 is 1. The smallest absolute Gasteiger partial charge is 0.0864 e. The zero-order valence-electron chi connectivity index (χ0n) is 9.53. The molecule has 2 unspecified atom stereocenters. The van der Waals surface area contributed by atoms with Crippen LogP contribution in [0.3, 0.4) is 0 Å². The van der Waals surface area contributed by atoms with E-state index in [-0.39, 0.29) is 12.2 Å². The van der Waals surface area contributed by atoms with Crippen molar-refractivity contribution in [3.63, 3.8) is 0 Å². The van der Waals surface area contributed by atoms with Gasteiger partial charge in [-0.2, -0.15) is 11.8 Å². The normalized spacial score (nSPS) is 15.9. The molecule has 0 radical (unpaired) electrons. The first-order valence-electron chi connectivity index (χ1n) is 4.96. The van der Waals surface area contributed by atoms with Gasteiger partial charge in [-0.25, -0.2) is 0 Å². The van der Waals surface area contributed by atoms with Gasteiger partial charge in [0, 0.05) is 12.9 Å². The number of thioether (sulfide) groups is 1. The fraction of sp³-hybridized carbons (Fsp3) is 1.00. The summed E-state index contributed by atoms with van der Waals surface area (Å²) in [6.45, 7) is 7.14. The van der Waals surface area contributed by atoms with Crippen LogP contribution in [0.2, 0.25) is 0 Å². The predicted octanol–water partition coefficient (Wildman–Crippen LogP) is 1.54. The van der Waals surface area contributed by atoms with Crippen molar-refractivity contribution < 1.29 is 14.6 Å². The third-order valence-corrected chi connectivity index (χ3v) is 2.84. The van der Waals surface area contributed by atoms with E-state index in [0.717, 1.165) is 5.75 Å². The van der Waals surface area contributed by atoms with Crippen molar-refractivity contribution in [2.45, 2.75) is 38.2 Å². The van der Waals surface area contributed by atoms with Crippen LogP contribution in [0.1, 0.15) is 20.8 Å². The first-order valence-corrected chi connectivity index (χ1v) is 6.01. The Kier molecular flexibility index (Phi) is 8.67. The molecule has 0 aromatic carbocycles. The van der Waals surface area contributed by atoms with Crippen molar-refractivity contribution in [2.24, 2.45) is 0 Å². The van der Waals surface area contributed by atoms with Crippen LogP contribution in [0.15, 0.2) is 0 Å². The molecule has 14 heavy (non-hydrogen) atoms. The maximum Gasteiger partial charge on any atom is 0.0864 e. The first kappa shape index (κ1) is 14.2. The lowest BCUT2D eigenvalue weighted by atomic mass is 10.4. The third-order valence-electron chi connectivity index (χ3n) is 1.60. The molecule has 0 aromatic rings. The van der Waals surface area contributed by atoms with Gasteiger partial charge in [0.2, 0.25) is 0 Å². The topological polar surface area (TPSA) is 38.7 Å². The van der Waals surface area contributed by atoms with Gasteiger partial charge in [-0.1, -0.05) is 13.8 Å². The minimum Gasteiger partial charge on any atom is -0.390 e. The summed E-state index contributed by atoms with van der Waals surface area (Å²) in [5.74, 6) is 0.734. The summed E-state index contributed by atoms with van der Waals surface area (Å²) in [6.07, 6.45) is -0.319. The number of aliphatic hydroxyl groups excluding tert-OH is 1. The van der Waals surface area contributed by atoms with E-state index in [1.165, 1.54) is 0 Å². The highest BCUT2D eigenvalue weighted by Crippen LogP contribution is 2.10. The van der Waals surface area contributed by atoms with E-state index in [2.05, 4.69) is 13.8 Å². The van der Waals surface area contributed by atoms with E-state index < -0.39 is 0 Å². The lowest BCUT2D eigenvalue weighted by molar-refractivity contribution is -0.0257. The molecule has 0 saturated carbocycles. The molecule has 4 heteroatoms. The molecule has 2 atom stereocenters. The van der Waals surface area contributed by atoms with Crippen molar-refractivity contribution in [3.05, 3.63) is 0 Å². The minimum absolute atomic E-state index is 0.0544. The fourth-order valence-electron chi connectivity index (χ4n) is 0.910. The Morgan fingerprint density at radius 1 is 1.21 bits per heavy atom. The maximum absolute atomic E-state index is 9.53. The molecular formula is C10H22O3S. The standard InChI is InChI=1S/C10H22O3S/c1-8(2)14-7-10(11)6-13-9(3)5-12-4/h8-11H,5-7H2,1-4H3. The Morgan fingerprint density at radius 3 is 2.36 bits per heavy atom. The SMILES string of the molecule is COCC(C)OCC(O)CSC(C)C. The molecule has 0 aliphatic carbocycles. The second-order valence-electron chi connectivity index (χ2n) is 3.64. The average molecular weight is 222 g/mol. The summed E-state index contributed by atoms with van der Waals surface area (Å²) in [7, 11) is 1.64. The van der Waals surface area contributed by atoms with Crippen molar-refractivity contribution in [3.8, 4) is 0 Å². The molecule has 0 heterocycles. The van der Waals surface area contributed by atoms with Crippen LogP contribution in [0.5, 0.6) is 0 Å². The Morgan fingerprint density at radius 2 is 1.86 bits per heavy atom. The van der Waals surface area contributed by atoms with Gasteiger partial charge >= 0.3 is 0 Å². The van der Waals surface area contributed by atoms with Gasteiger partial charge in [0.05, 0.1) is 25.4 Å². The number of hydrogen-bond donors (Lipinski definition) is 1. The van der Waals surface area contributed by atoms with Gasteiger partial charge in [0.15, 0.2) is 0 Å². The maximum atomic E-state index is 9.53. The zero-order chi connectivity index (χ0) is 11.0. The highest BCUT2D eigenvalue weighted by molar-refractivity contribution is 7.99. The van der Waals surface area contributed by atoms with E-state index in [0.29, 0.717) is 18.5 Å². The van der Waals surface area contributed by atoms with Crippen LogP contribution in [-0.2, 0) is 9.47 Å². The molecule has 1 N–H and O–H groups in total. The van der Waals surface area contributed by atoms with Gasteiger partial charge in [-0.15, -0.1) is 0 Å². The van der Waals surface area contributed by atoms with Crippen LogP contribution in [0.25, 0.3) is 0 Å². The summed E-state index contributed by atoms with van der Waals surface area (Å²) < 4.78 is 10.3. The number of aliphatic hydroxyl groups is 1. The van der Waals surface area contributed by atoms with Crippen LogP contribution in [0.4, 0.5) is 0 Å². The van der Waals surface area contributed by atoms with Gasteiger partial charge < -0.3 is 14.6 Å². The molecule has 0 aliphatic heterocycles. The van der Waals surface area contributed by atoms with Crippen LogP contribution in [-0.4, -0.2) is 48.6 Å². The van der Waals surface area contributed by atoms with Gasteiger partial charge in [-0.05, 0) is 12.2 Å². The van der Waals surface area contributed by atoms with Gasteiger partial charge in [0.1, 0.15) is 0 Å². The number of rotatable bonds is 8. The van der Waals surface area contributed by atoms with Crippen molar-refractivity contribution in [1.29, 1.82) is 0 Å². The summed E-state index contributed by atoms with van der Waals surface area (Å²) in [4.78, 5) is 0. The molecule has 0 fully saturated rings. The van der Waals surface area contributed by atoms with Crippen LogP contribution in [0, 0.1) is 0 Å². The minimum atomic E-state index is -0.373. The lowest BCUT2D eigenvalue weighted by Crippen LogP contribution is -2.24. The molecule has 0 amide bonds. The summed E-state index contributed by atoms with van der Waals surface area (Å²) in [5.41, 5.74) is 0. The molecular weight excluding hydrogens is 200 g/mol.